The fourth-order valence-corrected chi connectivity index (χ4v) is 4.90. The van der Waals surface area contributed by atoms with Crippen molar-refractivity contribution in [2.75, 3.05) is 37.2 Å². The van der Waals surface area contributed by atoms with E-state index >= 15 is 0 Å². The van der Waals surface area contributed by atoms with Crippen LogP contribution < -0.4 is 21.7 Å². The number of amides is 3. The Morgan fingerprint density at radius 3 is 2.54 bits per heavy atom. The second-order valence-corrected chi connectivity index (χ2v) is 9.57. The van der Waals surface area contributed by atoms with Gasteiger partial charge in [0.2, 0.25) is 0 Å². The second kappa shape index (κ2) is 11.8. The number of urea groups is 1. The monoisotopic (exact) mass is 493 g/mol. The third kappa shape index (κ3) is 7.00. The molecule has 1 saturated heterocycles. The zero-order valence-electron chi connectivity index (χ0n) is 19.8. The number of aromatic nitrogens is 2. The van der Waals surface area contributed by atoms with Crippen LogP contribution in [0, 0.1) is 6.92 Å². The van der Waals surface area contributed by atoms with Crippen LogP contribution in [-0.4, -0.2) is 53.0 Å². The van der Waals surface area contributed by atoms with Gasteiger partial charge in [-0.25, -0.2) is 14.8 Å². The number of carbonyl (C=O) groups excluding carboxylic acids is 2. The van der Waals surface area contributed by atoms with E-state index < -0.39 is 0 Å². The van der Waals surface area contributed by atoms with E-state index in [1.54, 1.807) is 12.3 Å². The summed E-state index contributed by atoms with van der Waals surface area (Å²) in [5.41, 5.74) is 8.70. The number of hydrogen-bond acceptors (Lipinski definition) is 7. The molecule has 1 fully saturated rings. The Labute approximate surface area is 209 Å². The van der Waals surface area contributed by atoms with Crippen molar-refractivity contribution in [2.45, 2.75) is 32.7 Å². The lowest BCUT2D eigenvalue weighted by Gasteiger charge is -2.26. The van der Waals surface area contributed by atoms with Crippen LogP contribution in [0.15, 0.2) is 42.6 Å². The number of hydrogen-bond donors (Lipinski definition) is 4. The fraction of sp³-hybridized carbons (Fsp3) is 0.360. The molecule has 0 atom stereocenters. The summed E-state index contributed by atoms with van der Waals surface area (Å²) < 4.78 is 0. The smallest absolute Gasteiger partial charge is 0.319 e. The fourth-order valence-electron chi connectivity index (χ4n) is 3.92. The van der Waals surface area contributed by atoms with Gasteiger partial charge in [-0.05, 0) is 68.8 Å². The van der Waals surface area contributed by atoms with Crippen LogP contribution in [0.4, 0.5) is 16.3 Å². The summed E-state index contributed by atoms with van der Waals surface area (Å²) >= 11 is 1.38. The van der Waals surface area contributed by atoms with E-state index in [4.69, 9.17) is 5.73 Å². The molecule has 0 aliphatic carbocycles. The summed E-state index contributed by atoms with van der Waals surface area (Å²) in [4.78, 5) is 36.5. The number of carbonyl (C=O) groups is 2. The van der Waals surface area contributed by atoms with Crippen LogP contribution in [0.3, 0.4) is 0 Å². The predicted octanol–water partition coefficient (Wildman–Crippen LogP) is 3.63. The number of nitrogens with one attached hydrogen (secondary N) is 3. The average molecular weight is 494 g/mol. The van der Waals surface area contributed by atoms with Gasteiger partial charge in [0, 0.05) is 37.1 Å². The molecule has 9 nitrogen and oxygen atoms in total. The Balaban J connectivity index is 1.28. The molecule has 3 heterocycles. The van der Waals surface area contributed by atoms with Gasteiger partial charge in [0.05, 0.1) is 5.69 Å². The molecular formula is C25H31N7O2S. The first kappa shape index (κ1) is 24.6. The van der Waals surface area contributed by atoms with Gasteiger partial charge in [-0.15, -0.1) is 11.3 Å². The number of nitrogens with two attached hydrogens (primary N) is 1. The number of aryl methyl sites for hydroxylation is 1. The lowest BCUT2D eigenvalue weighted by Crippen LogP contribution is -2.37. The third-order valence-electron chi connectivity index (χ3n) is 5.86. The zero-order valence-corrected chi connectivity index (χ0v) is 20.7. The molecule has 10 heteroatoms. The highest BCUT2D eigenvalue weighted by Gasteiger charge is 2.17. The van der Waals surface area contributed by atoms with Crippen LogP contribution in [0.1, 0.15) is 40.2 Å². The van der Waals surface area contributed by atoms with Gasteiger partial charge in [0.15, 0.2) is 0 Å². The van der Waals surface area contributed by atoms with Gasteiger partial charge in [0.25, 0.3) is 5.91 Å². The number of benzene rings is 1. The standard InChI is InChI=1S/C25H31N7O2S/c1-17-22(23(33)27-11-14-32-12-3-2-4-13-32)35-24(30-17)19-6-8-20(9-7-19)31-25(34)29-16-18-5-10-21(26)28-15-18/h5-10,15H,2-4,11-14,16H2,1H3,(H2,26,28)(H,27,33)(H2,29,31,34). The summed E-state index contributed by atoms with van der Waals surface area (Å²) in [6.45, 7) is 5.96. The van der Waals surface area contributed by atoms with Crippen LogP contribution in [0.25, 0.3) is 10.6 Å². The molecule has 2 aromatic heterocycles. The number of anilines is 2. The van der Waals surface area contributed by atoms with E-state index in [1.165, 1.54) is 30.6 Å². The van der Waals surface area contributed by atoms with Crippen LogP contribution in [0.2, 0.25) is 0 Å². The first-order valence-electron chi connectivity index (χ1n) is 11.8. The topological polar surface area (TPSA) is 125 Å². The molecule has 5 N–H and O–H groups in total. The van der Waals surface area contributed by atoms with Crippen molar-refractivity contribution < 1.29 is 9.59 Å². The van der Waals surface area contributed by atoms with Crippen molar-refractivity contribution in [3.63, 3.8) is 0 Å². The number of thiazole rings is 1. The summed E-state index contributed by atoms with van der Waals surface area (Å²) in [5, 5.41) is 9.40. The molecule has 3 amide bonds. The minimum Gasteiger partial charge on any atom is -0.384 e. The Hall–Kier alpha value is -3.50. The van der Waals surface area contributed by atoms with E-state index in [2.05, 4.69) is 30.8 Å². The predicted molar refractivity (Wildman–Crippen MR) is 139 cm³/mol. The van der Waals surface area contributed by atoms with E-state index in [0.717, 1.165) is 41.5 Å². The molecule has 0 bridgehead atoms. The van der Waals surface area contributed by atoms with Crippen molar-refractivity contribution in [3.8, 4) is 10.6 Å². The summed E-state index contributed by atoms with van der Waals surface area (Å²) in [5.74, 6) is 0.365. The number of pyridine rings is 1. The molecule has 1 aromatic carbocycles. The van der Waals surface area contributed by atoms with Gasteiger partial charge in [0.1, 0.15) is 15.7 Å². The van der Waals surface area contributed by atoms with Gasteiger partial charge < -0.3 is 26.6 Å². The van der Waals surface area contributed by atoms with Crippen molar-refractivity contribution in [3.05, 3.63) is 58.7 Å². The number of piperidine rings is 1. The first-order chi connectivity index (χ1) is 17.0. The van der Waals surface area contributed by atoms with Gasteiger partial charge in [-0.1, -0.05) is 12.5 Å². The van der Waals surface area contributed by atoms with E-state index in [0.29, 0.717) is 29.5 Å². The molecule has 184 valence electrons. The number of rotatable bonds is 8. The SMILES string of the molecule is Cc1nc(-c2ccc(NC(=O)NCc3ccc(N)nc3)cc2)sc1C(=O)NCCN1CCCCC1. The molecule has 0 radical (unpaired) electrons. The Morgan fingerprint density at radius 1 is 1.06 bits per heavy atom. The van der Waals surface area contributed by atoms with Crippen molar-refractivity contribution in [2.24, 2.45) is 0 Å². The normalized spacial score (nSPS) is 13.9. The minimum absolute atomic E-state index is 0.0745. The van der Waals surface area contributed by atoms with Gasteiger partial charge in [-0.2, -0.15) is 0 Å². The van der Waals surface area contributed by atoms with Crippen LogP contribution in [0.5, 0.6) is 0 Å². The minimum atomic E-state index is -0.317. The molecule has 35 heavy (non-hydrogen) atoms. The van der Waals surface area contributed by atoms with E-state index in [9.17, 15) is 9.59 Å². The van der Waals surface area contributed by atoms with Crippen molar-refractivity contribution >= 4 is 34.8 Å². The average Bonchev–Trinajstić information content (AvgIpc) is 3.26. The molecule has 0 saturated carbocycles. The van der Waals surface area contributed by atoms with Crippen LogP contribution in [-0.2, 0) is 6.54 Å². The number of nitrogen functional groups attached to an aromatic ring is 1. The summed E-state index contributed by atoms with van der Waals surface area (Å²) in [6.07, 6.45) is 5.42. The zero-order chi connectivity index (χ0) is 24.6. The van der Waals surface area contributed by atoms with E-state index in [-0.39, 0.29) is 11.9 Å². The Kier molecular flexibility index (Phi) is 8.27. The number of likely N-dealkylation sites (tertiary alicyclic amines) is 1. The number of nitrogens with zero attached hydrogens (tertiary/aromatic N) is 3. The Bertz CT molecular complexity index is 1140. The summed E-state index contributed by atoms with van der Waals surface area (Å²) in [7, 11) is 0. The first-order valence-corrected chi connectivity index (χ1v) is 12.6. The highest BCUT2D eigenvalue weighted by atomic mass is 32.1. The molecule has 0 spiro atoms. The highest BCUT2D eigenvalue weighted by Crippen LogP contribution is 2.28. The van der Waals surface area contributed by atoms with Gasteiger partial charge in [-0.3, -0.25) is 4.79 Å². The highest BCUT2D eigenvalue weighted by molar-refractivity contribution is 7.17. The lowest BCUT2D eigenvalue weighted by molar-refractivity contribution is 0.0950. The largest absolute Gasteiger partial charge is 0.384 e. The third-order valence-corrected chi connectivity index (χ3v) is 7.06. The second-order valence-electron chi connectivity index (χ2n) is 8.57. The van der Waals surface area contributed by atoms with Crippen molar-refractivity contribution in [1.29, 1.82) is 0 Å². The molecular weight excluding hydrogens is 462 g/mol. The molecule has 1 aliphatic heterocycles. The quantitative estimate of drug-likeness (QED) is 0.380. The Morgan fingerprint density at radius 2 is 1.83 bits per heavy atom. The molecule has 3 aromatic rings. The summed E-state index contributed by atoms with van der Waals surface area (Å²) in [6, 6.07) is 10.6. The maximum Gasteiger partial charge on any atom is 0.319 e. The van der Waals surface area contributed by atoms with Crippen LogP contribution >= 0.6 is 11.3 Å². The maximum atomic E-state index is 12.7. The molecule has 0 unspecified atom stereocenters. The lowest BCUT2D eigenvalue weighted by atomic mass is 10.1. The van der Waals surface area contributed by atoms with Gasteiger partial charge >= 0.3 is 6.03 Å². The molecule has 4 rings (SSSR count). The molecule has 1 aliphatic rings. The maximum absolute atomic E-state index is 12.7. The van der Waals surface area contributed by atoms with Crippen molar-refractivity contribution in [1.82, 2.24) is 25.5 Å². The van der Waals surface area contributed by atoms with E-state index in [1.807, 2.05) is 37.3 Å².